The van der Waals surface area contributed by atoms with Crippen LogP contribution in [0.25, 0.3) is 5.69 Å². The van der Waals surface area contributed by atoms with Gasteiger partial charge in [0.15, 0.2) is 5.82 Å². The molecule has 0 unspecified atom stereocenters. The van der Waals surface area contributed by atoms with Crippen LogP contribution in [0.2, 0.25) is 0 Å². The number of piperidine rings is 1. The smallest absolute Gasteiger partial charge is 0.255 e. The summed E-state index contributed by atoms with van der Waals surface area (Å²) >= 11 is 0. The number of rotatable bonds is 6. The van der Waals surface area contributed by atoms with E-state index in [1.165, 1.54) is 22.2 Å². The highest BCUT2D eigenvalue weighted by atomic mass is 32.2. The van der Waals surface area contributed by atoms with E-state index in [1.807, 2.05) is 0 Å². The molecule has 0 bridgehead atoms. The molecule has 174 valence electrons. The van der Waals surface area contributed by atoms with E-state index in [0.717, 1.165) is 19.3 Å². The third kappa shape index (κ3) is 4.60. The molecular weight excluding hydrogens is 444 g/mol. The van der Waals surface area contributed by atoms with Crippen molar-refractivity contribution in [1.82, 2.24) is 24.5 Å². The first-order chi connectivity index (χ1) is 15.8. The molecule has 0 saturated carbocycles. The number of aromatic nitrogens is 4. The van der Waals surface area contributed by atoms with Crippen molar-refractivity contribution in [3.05, 3.63) is 53.3 Å². The molecule has 10 nitrogen and oxygen atoms in total. The minimum atomic E-state index is -3.66. The molecule has 11 heteroatoms. The molecular formula is C22H26N6O4S. The molecule has 1 aliphatic rings. The van der Waals surface area contributed by atoms with Gasteiger partial charge in [-0.3, -0.25) is 4.79 Å². The Labute approximate surface area is 192 Å². The van der Waals surface area contributed by atoms with Gasteiger partial charge >= 0.3 is 0 Å². The summed E-state index contributed by atoms with van der Waals surface area (Å²) in [6.45, 7) is 4.50. The molecule has 0 aliphatic carbocycles. The summed E-state index contributed by atoms with van der Waals surface area (Å²) in [6.07, 6.45) is 2.72. The molecule has 4 rings (SSSR count). The average molecular weight is 471 g/mol. The van der Waals surface area contributed by atoms with E-state index < -0.39 is 15.9 Å². The van der Waals surface area contributed by atoms with Crippen LogP contribution in [0, 0.1) is 13.8 Å². The Bertz CT molecular complexity index is 1280. The second-order valence-corrected chi connectivity index (χ2v) is 9.83. The number of methoxy groups -OCH3 is 1. The SMILES string of the molecule is COc1ccc(NC(=O)c2ccc(C)c(S(=O)(=O)N3CCCCC3)c2)cc1-n1nnnc1C. The molecule has 2 heterocycles. The topological polar surface area (TPSA) is 119 Å². The highest BCUT2D eigenvalue weighted by molar-refractivity contribution is 7.89. The maximum Gasteiger partial charge on any atom is 0.255 e. The number of carbonyl (C=O) groups is 1. The predicted molar refractivity (Wildman–Crippen MR) is 122 cm³/mol. The zero-order chi connectivity index (χ0) is 23.6. The van der Waals surface area contributed by atoms with E-state index in [9.17, 15) is 13.2 Å². The highest BCUT2D eigenvalue weighted by Gasteiger charge is 2.28. The van der Waals surface area contributed by atoms with Gasteiger partial charge in [0.25, 0.3) is 5.91 Å². The number of anilines is 1. The van der Waals surface area contributed by atoms with E-state index in [2.05, 4.69) is 20.8 Å². The van der Waals surface area contributed by atoms with Crippen molar-refractivity contribution in [3.8, 4) is 11.4 Å². The van der Waals surface area contributed by atoms with Gasteiger partial charge in [-0.25, -0.2) is 8.42 Å². The number of aryl methyl sites for hydroxylation is 2. The van der Waals surface area contributed by atoms with E-state index >= 15 is 0 Å². The highest BCUT2D eigenvalue weighted by Crippen LogP contribution is 2.28. The van der Waals surface area contributed by atoms with Gasteiger partial charge in [-0.1, -0.05) is 12.5 Å². The number of amides is 1. The van der Waals surface area contributed by atoms with Crippen LogP contribution in [-0.2, 0) is 10.0 Å². The fourth-order valence-electron chi connectivity index (χ4n) is 3.85. The Balaban J connectivity index is 1.62. The Morgan fingerprint density at radius 3 is 2.48 bits per heavy atom. The zero-order valence-electron chi connectivity index (χ0n) is 18.8. The lowest BCUT2D eigenvalue weighted by Crippen LogP contribution is -2.36. The Morgan fingerprint density at radius 2 is 1.82 bits per heavy atom. The van der Waals surface area contributed by atoms with E-state index in [0.29, 0.717) is 41.6 Å². The Morgan fingerprint density at radius 1 is 1.06 bits per heavy atom. The summed E-state index contributed by atoms with van der Waals surface area (Å²) in [5.41, 5.74) is 1.92. The molecule has 3 aromatic rings. The summed E-state index contributed by atoms with van der Waals surface area (Å²) in [5.74, 6) is 0.672. The molecule has 33 heavy (non-hydrogen) atoms. The number of carbonyl (C=O) groups excluding carboxylic acids is 1. The molecule has 0 radical (unpaired) electrons. The fraction of sp³-hybridized carbons (Fsp3) is 0.364. The van der Waals surface area contributed by atoms with Gasteiger partial charge in [-0.2, -0.15) is 8.99 Å². The second-order valence-electron chi connectivity index (χ2n) is 7.92. The average Bonchev–Trinajstić information content (AvgIpc) is 3.25. The lowest BCUT2D eigenvalue weighted by Gasteiger charge is -2.26. The minimum Gasteiger partial charge on any atom is -0.494 e. The maximum atomic E-state index is 13.2. The standard InChI is InChI=1S/C22H26N6O4S/c1-15-7-8-17(13-21(15)33(30,31)27-11-5-4-6-12-27)22(29)23-18-9-10-20(32-3)19(14-18)28-16(2)24-25-26-28/h7-10,13-14H,4-6,11-12H2,1-3H3,(H,23,29). The second kappa shape index (κ2) is 9.28. The Kier molecular flexibility index (Phi) is 6.43. The van der Waals surface area contributed by atoms with Crippen molar-refractivity contribution in [1.29, 1.82) is 0 Å². The largest absolute Gasteiger partial charge is 0.494 e. The Hall–Kier alpha value is -3.31. The van der Waals surface area contributed by atoms with Crippen molar-refractivity contribution < 1.29 is 17.9 Å². The quantitative estimate of drug-likeness (QED) is 0.588. The normalized spacial score (nSPS) is 14.8. The number of hydrogen-bond acceptors (Lipinski definition) is 7. The first kappa shape index (κ1) is 22.9. The number of ether oxygens (including phenoxy) is 1. The first-order valence-electron chi connectivity index (χ1n) is 10.7. The number of benzene rings is 2. The lowest BCUT2D eigenvalue weighted by molar-refractivity contribution is 0.102. The van der Waals surface area contributed by atoms with Crippen LogP contribution in [0.15, 0.2) is 41.3 Å². The van der Waals surface area contributed by atoms with Gasteiger partial charge < -0.3 is 10.1 Å². The number of nitrogens with zero attached hydrogens (tertiary/aromatic N) is 5. The van der Waals surface area contributed by atoms with Crippen LogP contribution >= 0.6 is 0 Å². The van der Waals surface area contributed by atoms with Crippen molar-refractivity contribution in [2.24, 2.45) is 0 Å². The minimum absolute atomic E-state index is 0.164. The number of hydrogen-bond donors (Lipinski definition) is 1. The molecule has 1 amide bonds. The third-order valence-corrected chi connectivity index (χ3v) is 7.71. The summed E-state index contributed by atoms with van der Waals surface area (Å²) in [5, 5.41) is 14.3. The molecule has 1 saturated heterocycles. The van der Waals surface area contributed by atoms with Crippen molar-refractivity contribution in [2.45, 2.75) is 38.0 Å². The fourth-order valence-corrected chi connectivity index (χ4v) is 5.62. The molecule has 0 atom stereocenters. The maximum absolute atomic E-state index is 13.2. The molecule has 1 aromatic heterocycles. The summed E-state index contributed by atoms with van der Waals surface area (Å²) in [7, 11) is -2.13. The molecule has 2 aromatic carbocycles. The van der Waals surface area contributed by atoms with Gasteiger partial charge in [0.2, 0.25) is 10.0 Å². The van der Waals surface area contributed by atoms with Gasteiger partial charge in [-0.15, -0.1) is 5.10 Å². The van der Waals surface area contributed by atoms with Crippen LogP contribution in [0.4, 0.5) is 5.69 Å². The summed E-state index contributed by atoms with van der Waals surface area (Å²) in [6, 6.07) is 9.82. The van der Waals surface area contributed by atoms with Crippen LogP contribution in [0.3, 0.4) is 0 Å². The van der Waals surface area contributed by atoms with Crippen LogP contribution < -0.4 is 10.1 Å². The van der Waals surface area contributed by atoms with Crippen LogP contribution in [0.1, 0.15) is 41.0 Å². The lowest BCUT2D eigenvalue weighted by atomic mass is 10.1. The van der Waals surface area contributed by atoms with Crippen molar-refractivity contribution in [2.75, 3.05) is 25.5 Å². The van der Waals surface area contributed by atoms with E-state index in [1.54, 1.807) is 44.2 Å². The molecule has 1 aliphatic heterocycles. The third-order valence-electron chi connectivity index (χ3n) is 5.67. The zero-order valence-corrected chi connectivity index (χ0v) is 19.6. The summed E-state index contributed by atoms with van der Waals surface area (Å²) in [4.78, 5) is 13.2. The van der Waals surface area contributed by atoms with Crippen LogP contribution in [0.5, 0.6) is 5.75 Å². The van der Waals surface area contributed by atoms with Gasteiger partial charge in [0.05, 0.1) is 12.0 Å². The van der Waals surface area contributed by atoms with Crippen LogP contribution in [-0.4, -0.2) is 59.0 Å². The van der Waals surface area contributed by atoms with Crippen molar-refractivity contribution in [3.63, 3.8) is 0 Å². The number of nitrogens with one attached hydrogen (secondary N) is 1. The first-order valence-corrected chi connectivity index (χ1v) is 12.1. The van der Waals surface area contributed by atoms with Gasteiger partial charge in [0, 0.05) is 24.3 Å². The number of sulfonamides is 1. The van der Waals surface area contributed by atoms with E-state index in [-0.39, 0.29) is 10.5 Å². The van der Waals surface area contributed by atoms with Gasteiger partial charge in [0.1, 0.15) is 11.4 Å². The van der Waals surface area contributed by atoms with Gasteiger partial charge in [-0.05, 0) is 73.0 Å². The molecule has 1 fully saturated rings. The number of tetrazole rings is 1. The predicted octanol–water partition coefficient (Wildman–Crippen LogP) is 2.71. The summed E-state index contributed by atoms with van der Waals surface area (Å²) < 4.78 is 34.8. The van der Waals surface area contributed by atoms with E-state index in [4.69, 9.17) is 4.74 Å². The molecule has 1 N–H and O–H groups in total. The monoisotopic (exact) mass is 470 g/mol. The molecule has 0 spiro atoms. The van der Waals surface area contributed by atoms with Crippen molar-refractivity contribution >= 4 is 21.6 Å².